The van der Waals surface area contributed by atoms with Gasteiger partial charge in [0.15, 0.2) is 6.10 Å². The van der Waals surface area contributed by atoms with E-state index in [4.69, 9.17) is 9.47 Å². The van der Waals surface area contributed by atoms with Crippen LogP contribution in [0.15, 0.2) is 24.3 Å². The maximum absolute atomic E-state index is 12.5. The summed E-state index contributed by atoms with van der Waals surface area (Å²) in [5.41, 5.74) is 0.922. The van der Waals surface area contributed by atoms with Crippen molar-refractivity contribution in [3.8, 4) is 0 Å². The molecule has 1 aromatic carbocycles. The van der Waals surface area contributed by atoms with E-state index < -0.39 is 24.1 Å². The fourth-order valence-corrected chi connectivity index (χ4v) is 2.64. The highest BCUT2D eigenvalue weighted by atomic mass is 16.6. The van der Waals surface area contributed by atoms with E-state index in [1.807, 2.05) is 0 Å². The maximum atomic E-state index is 12.5. The van der Waals surface area contributed by atoms with Crippen LogP contribution in [0.25, 0.3) is 0 Å². The van der Waals surface area contributed by atoms with E-state index in [0.717, 1.165) is 0 Å². The summed E-state index contributed by atoms with van der Waals surface area (Å²) < 4.78 is 10.4. The first kappa shape index (κ1) is 17.7. The molecule has 2 atom stereocenters. The van der Waals surface area contributed by atoms with E-state index in [2.05, 4.69) is 0 Å². The average Bonchev–Trinajstić information content (AvgIpc) is 2.55. The number of piperidine rings is 1. The molecule has 0 aromatic heterocycles. The summed E-state index contributed by atoms with van der Waals surface area (Å²) in [5.74, 6) is -1.19. The number of hydrogen-bond acceptors (Lipinski definition) is 6. The maximum Gasteiger partial charge on any atom is 0.303 e. The van der Waals surface area contributed by atoms with Gasteiger partial charge < -0.3 is 14.4 Å². The van der Waals surface area contributed by atoms with Crippen molar-refractivity contribution in [2.75, 3.05) is 13.1 Å². The minimum Gasteiger partial charge on any atom is -0.458 e. The molecule has 0 N–H and O–H groups in total. The largest absolute Gasteiger partial charge is 0.458 e. The smallest absolute Gasteiger partial charge is 0.303 e. The summed E-state index contributed by atoms with van der Waals surface area (Å²) >= 11 is 0. The Morgan fingerprint density at radius 2 is 1.62 bits per heavy atom. The number of benzene rings is 1. The van der Waals surface area contributed by atoms with Crippen LogP contribution in [-0.2, 0) is 19.1 Å². The van der Waals surface area contributed by atoms with Crippen LogP contribution in [0.5, 0.6) is 0 Å². The number of amides is 1. The molecule has 0 aliphatic carbocycles. The van der Waals surface area contributed by atoms with Crippen LogP contribution in [0.2, 0.25) is 0 Å². The van der Waals surface area contributed by atoms with Gasteiger partial charge in [-0.15, -0.1) is 0 Å². The Bertz CT molecular complexity index is 639. The fraction of sp³-hybridized carbons (Fsp3) is 0.412. The van der Waals surface area contributed by atoms with Gasteiger partial charge in [0.1, 0.15) is 12.4 Å². The van der Waals surface area contributed by atoms with Gasteiger partial charge in [-0.05, 0) is 12.1 Å². The summed E-state index contributed by atoms with van der Waals surface area (Å²) in [4.78, 5) is 47.2. The molecular weight excluding hydrogens is 314 g/mol. The number of likely N-dealkylation sites (tertiary alicyclic amines) is 1. The van der Waals surface area contributed by atoms with E-state index in [9.17, 15) is 19.2 Å². The number of rotatable bonds is 4. The van der Waals surface area contributed by atoms with Crippen LogP contribution in [0, 0.1) is 0 Å². The Morgan fingerprint density at radius 3 is 2.17 bits per heavy atom. The van der Waals surface area contributed by atoms with E-state index in [1.54, 1.807) is 29.2 Å². The van der Waals surface area contributed by atoms with Gasteiger partial charge in [0.25, 0.3) is 5.91 Å². The predicted octanol–water partition coefficient (Wildman–Crippen LogP) is 1.21. The summed E-state index contributed by atoms with van der Waals surface area (Å²) in [5, 5.41) is 0. The van der Waals surface area contributed by atoms with Gasteiger partial charge in [0.05, 0.1) is 6.54 Å². The van der Waals surface area contributed by atoms with Crippen molar-refractivity contribution in [1.82, 2.24) is 4.90 Å². The zero-order chi connectivity index (χ0) is 17.7. The molecule has 128 valence electrons. The van der Waals surface area contributed by atoms with Gasteiger partial charge in [-0.2, -0.15) is 0 Å². The van der Waals surface area contributed by atoms with Crippen LogP contribution >= 0.6 is 0 Å². The molecule has 2 unspecified atom stereocenters. The number of aldehydes is 1. The lowest BCUT2D eigenvalue weighted by Crippen LogP contribution is -2.51. The van der Waals surface area contributed by atoms with Gasteiger partial charge >= 0.3 is 11.9 Å². The van der Waals surface area contributed by atoms with Gasteiger partial charge in [-0.25, -0.2) is 0 Å². The third kappa shape index (κ3) is 4.41. The molecule has 1 heterocycles. The molecule has 7 heteroatoms. The Hall–Kier alpha value is -2.70. The van der Waals surface area contributed by atoms with Crippen molar-refractivity contribution >= 4 is 24.1 Å². The molecule has 1 aromatic rings. The Labute approximate surface area is 139 Å². The molecule has 2 rings (SSSR count). The molecule has 0 saturated carbocycles. The highest BCUT2D eigenvalue weighted by molar-refractivity contribution is 5.95. The van der Waals surface area contributed by atoms with Crippen LogP contribution in [-0.4, -0.2) is 54.3 Å². The molecule has 1 aliphatic heterocycles. The van der Waals surface area contributed by atoms with Crippen molar-refractivity contribution < 1.29 is 28.7 Å². The number of nitrogens with zero attached hydrogens (tertiary/aromatic N) is 1. The first-order valence-corrected chi connectivity index (χ1v) is 7.59. The monoisotopic (exact) mass is 333 g/mol. The first-order chi connectivity index (χ1) is 11.4. The Balaban J connectivity index is 2.10. The van der Waals surface area contributed by atoms with Gasteiger partial charge in [0, 0.05) is 37.9 Å². The lowest BCUT2D eigenvalue weighted by molar-refractivity contribution is -0.170. The van der Waals surface area contributed by atoms with Gasteiger partial charge in [-0.3, -0.25) is 19.2 Å². The highest BCUT2D eigenvalue weighted by Gasteiger charge is 2.35. The summed E-state index contributed by atoms with van der Waals surface area (Å²) in [6.07, 6.45) is -0.170. The number of carbonyl (C=O) groups is 4. The van der Waals surface area contributed by atoms with Crippen LogP contribution < -0.4 is 0 Å². The predicted molar refractivity (Wildman–Crippen MR) is 83.5 cm³/mol. The number of carbonyl (C=O) groups excluding carboxylic acids is 4. The Kier molecular flexibility index (Phi) is 5.68. The van der Waals surface area contributed by atoms with Crippen molar-refractivity contribution in [2.24, 2.45) is 0 Å². The van der Waals surface area contributed by atoms with Crippen molar-refractivity contribution in [2.45, 2.75) is 32.5 Å². The lowest BCUT2D eigenvalue weighted by atomic mass is 10.0. The molecule has 0 radical (unpaired) electrons. The Morgan fingerprint density at radius 1 is 1.04 bits per heavy atom. The molecule has 24 heavy (non-hydrogen) atoms. The average molecular weight is 333 g/mol. The zero-order valence-corrected chi connectivity index (χ0v) is 13.6. The second-order valence-corrected chi connectivity index (χ2v) is 5.58. The first-order valence-electron chi connectivity index (χ1n) is 7.59. The second kappa shape index (κ2) is 7.72. The molecule has 1 fully saturated rings. The van der Waals surface area contributed by atoms with E-state index in [1.165, 1.54) is 13.8 Å². The zero-order valence-electron chi connectivity index (χ0n) is 13.6. The van der Waals surface area contributed by atoms with Crippen molar-refractivity contribution in [3.05, 3.63) is 35.4 Å². The molecule has 0 bridgehead atoms. The lowest BCUT2D eigenvalue weighted by Gasteiger charge is -2.37. The molecule has 1 amide bonds. The van der Waals surface area contributed by atoms with Crippen LogP contribution in [0.4, 0.5) is 0 Å². The molecule has 7 nitrogen and oxygen atoms in total. The summed E-state index contributed by atoms with van der Waals surface area (Å²) in [6, 6.07) is 6.28. The molecule has 1 saturated heterocycles. The van der Waals surface area contributed by atoms with E-state index >= 15 is 0 Å². The fourth-order valence-electron chi connectivity index (χ4n) is 2.64. The third-order valence-corrected chi connectivity index (χ3v) is 3.71. The van der Waals surface area contributed by atoms with E-state index in [-0.39, 0.29) is 12.5 Å². The van der Waals surface area contributed by atoms with E-state index in [0.29, 0.717) is 30.4 Å². The summed E-state index contributed by atoms with van der Waals surface area (Å²) in [6.45, 7) is 3.08. The number of hydrogen-bond donors (Lipinski definition) is 0. The topological polar surface area (TPSA) is 90.0 Å². The van der Waals surface area contributed by atoms with Gasteiger partial charge in [-0.1, -0.05) is 12.1 Å². The highest BCUT2D eigenvalue weighted by Crippen LogP contribution is 2.20. The van der Waals surface area contributed by atoms with Crippen molar-refractivity contribution in [1.29, 1.82) is 0 Å². The standard InChI is InChI=1S/C17H19NO6/c1-11(20)23-15-7-8-18(9-16(15)24-12(2)21)17(22)14-5-3-13(10-19)4-6-14/h3-6,10,15-16H,7-9H2,1-2H3. The SMILES string of the molecule is CC(=O)OC1CCN(C(=O)c2ccc(C=O)cc2)CC1OC(C)=O. The van der Waals surface area contributed by atoms with Crippen LogP contribution in [0.1, 0.15) is 41.0 Å². The number of esters is 2. The normalized spacial score (nSPS) is 20.2. The number of ether oxygens (including phenoxy) is 2. The van der Waals surface area contributed by atoms with Crippen molar-refractivity contribution in [3.63, 3.8) is 0 Å². The third-order valence-electron chi connectivity index (χ3n) is 3.71. The summed E-state index contributed by atoms with van der Waals surface area (Å²) in [7, 11) is 0. The second-order valence-electron chi connectivity index (χ2n) is 5.58. The molecule has 0 spiro atoms. The molecular formula is C17H19NO6. The molecule has 1 aliphatic rings. The minimum absolute atomic E-state index is 0.145. The minimum atomic E-state index is -0.696. The van der Waals surface area contributed by atoms with Gasteiger partial charge in [0.2, 0.25) is 0 Å². The van der Waals surface area contributed by atoms with Crippen LogP contribution in [0.3, 0.4) is 0 Å². The quantitative estimate of drug-likeness (QED) is 0.608.